The lowest BCUT2D eigenvalue weighted by molar-refractivity contribution is -0.262. The van der Waals surface area contributed by atoms with E-state index >= 15 is 0 Å². The Kier molecular flexibility index (Phi) is 12.3. The number of aliphatic hydroxyl groups is 1. The van der Waals surface area contributed by atoms with E-state index in [4.69, 9.17) is 9.47 Å². The molecule has 0 radical (unpaired) electrons. The van der Waals surface area contributed by atoms with Crippen molar-refractivity contribution < 1.29 is 42.4 Å². The molecule has 9 heteroatoms. The van der Waals surface area contributed by atoms with Crippen LogP contribution in [0.15, 0.2) is 24.3 Å². The highest BCUT2D eigenvalue weighted by Gasteiger charge is 2.52. The average molecular weight is 643 g/mol. The number of halogens is 3. The molecule has 4 unspecified atom stereocenters. The molecular weight excluding hydrogens is 585 g/mol. The molecule has 1 aromatic rings. The number of esters is 2. The molecule has 0 aromatic heterocycles. The molecule has 258 valence electrons. The van der Waals surface area contributed by atoms with Gasteiger partial charge >= 0.3 is 18.1 Å². The Morgan fingerprint density at radius 3 is 1.87 bits per heavy atom. The summed E-state index contributed by atoms with van der Waals surface area (Å²) in [4.78, 5) is 27.7. The van der Waals surface area contributed by atoms with Gasteiger partial charge in [-0.05, 0) is 109 Å². The number of alkyl halides is 3. The van der Waals surface area contributed by atoms with E-state index in [1.165, 1.54) is 0 Å². The van der Waals surface area contributed by atoms with E-state index in [1.54, 1.807) is 38.1 Å². The summed E-state index contributed by atoms with van der Waals surface area (Å²) in [5, 5.41) is 20.1. The number of carbonyl (C=O) groups excluding carboxylic acids is 2. The number of benzene rings is 1. The summed E-state index contributed by atoms with van der Waals surface area (Å²) in [6.07, 6.45) is -1.95. The summed E-state index contributed by atoms with van der Waals surface area (Å²) < 4.78 is 52.7. The highest BCUT2D eigenvalue weighted by atomic mass is 19.4. The Morgan fingerprint density at radius 1 is 0.889 bits per heavy atom. The quantitative estimate of drug-likeness (QED) is 0.197. The predicted molar refractivity (Wildman–Crippen MR) is 170 cm³/mol. The van der Waals surface area contributed by atoms with Gasteiger partial charge in [-0.25, -0.2) is 0 Å². The van der Waals surface area contributed by atoms with E-state index in [9.17, 15) is 33.0 Å². The van der Waals surface area contributed by atoms with Crippen LogP contribution in [0, 0.1) is 22.2 Å². The van der Waals surface area contributed by atoms with Crippen molar-refractivity contribution in [2.45, 2.75) is 156 Å². The molecule has 2 N–H and O–H groups in total. The predicted octanol–water partition coefficient (Wildman–Crippen LogP) is 9.26. The largest absolute Gasteiger partial charge is 0.508 e. The lowest BCUT2D eigenvalue weighted by atomic mass is 9.70. The van der Waals surface area contributed by atoms with Crippen molar-refractivity contribution in [1.82, 2.24) is 0 Å². The summed E-state index contributed by atoms with van der Waals surface area (Å²) in [6.45, 7) is 17.8. The summed E-state index contributed by atoms with van der Waals surface area (Å²) in [7, 11) is 0. The molecule has 0 heterocycles. The molecule has 4 atom stereocenters. The van der Waals surface area contributed by atoms with Crippen molar-refractivity contribution in [3.05, 3.63) is 29.8 Å². The standard InChI is InChI=1S/C36H57F3O6/c1-11-33(9,30(42)45-35(31(4,5)6)18-12-13-19-35)22-26(25-14-16-27(40)17-15-25)21-32(7,8)29(41)44-28(20-24(2)3)23-34(10,43)36(37,38)39/h14-17,24,26,28,40,43H,11-13,18-23H2,1-10H3. The van der Waals surface area contributed by atoms with Crippen LogP contribution in [-0.2, 0) is 19.1 Å². The van der Waals surface area contributed by atoms with Crippen molar-refractivity contribution in [3.8, 4) is 5.75 Å². The van der Waals surface area contributed by atoms with Gasteiger partial charge in [0.2, 0.25) is 0 Å². The van der Waals surface area contributed by atoms with Crippen LogP contribution < -0.4 is 0 Å². The molecule has 0 amide bonds. The highest BCUT2D eigenvalue weighted by molar-refractivity contribution is 5.78. The maximum absolute atomic E-state index is 14.0. The SMILES string of the molecule is CCC(C)(CC(CC(C)(C)C(=O)OC(CC(C)C)CC(C)(O)C(F)(F)F)c1ccc(O)cc1)C(=O)OC1(C(C)(C)C)CCCC1. The Balaban J connectivity index is 2.39. The van der Waals surface area contributed by atoms with Crippen LogP contribution in [0.25, 0.3) is 0 Å². The zero-order chi connectivity index (χ0) is 34.6. The van der Waals surface area contributed by atoms with Crippen LogP contribution in [0.4, 0.5) is 13.2 Å². The lowest BCUT2D eigenvalue weighted by Crippen LogP contribution is -2.48. The van der Waals surface area contributed by atoms with Gasteiger partial charge in [-0.1, -0.05) is 53.7 Å². The first-order valence-corrected chi connectivity index (χ1v) is 16.4. The van der Waals surface area contributed by atoms with Crippen molar-refractivity contribution in [2.75, 3.05) is 0 Å². The maximum atomic E-state index is 14.0. The van der Waals surface area contributed by atoms with Crippen LogP contribution in [0.1, 0.15) is 139 Å². The normalized spacial score (nSPS) is 19.8. The number of hydrogen-bond donors (Lipinski definition) is 2. The minimum atomic E-state index is -4.88. The van der Waals surface area contributed by atoms with Crippen LogP contribution in [0.3, 0.4) is 0 Å². The minimum Gasteiger partial charge on any atom is -0.508 e. The van der Waals surface area contributed by atoms with E-state index in [2.05, 4.69) is 20.8 Å². The zero-order valence-corrected chi connectivity index (χ0v) is 29.1. The van der Waals surface area contributed by atoms with E-state index in [1.807, 2.05) is 27.7 Å². The van der Waals surface area contributed by atoms with Crippen molar-refractivity contribution >= 4 is 11.9 Å². The van der Waals surface area contributed by atoms with Gasteiger partial charge in [0.15, 0.2) is 5.60 Å². The zero-order valence-electron chi connectivity index (χ0n) is 29.1. The maximum Gasteiger partial charge on any atom is 0.417 e. The Morgan fingerprint density at radius 2 is 1.42 bits per heavy atom. The number of aromatic hydroxyl groups is 1. The van der Waals surface area contributed by atoms with Crippen molar-refractivity contribution in [1.29, 1.82) is 0 Å². The second kappa shape index (κ2) is 14.2. The molecular formula is C36H57F3O6. The molecule has 6 nitrogen and oxygen atoms in total. The molecule has 1 fully saturated rings. The van der Waals surface area contributed by atoms with Crippen LogP contribution >= 0.6 is 0 Å². The molecule has 2 rings (SSSR count). The topological polar surface area (TPSA) is 93.1 Å². The Hall–Kier alpha value is -2.29. The third-order valence-electron chi connectivity index (χ3n) is 9.95. The second-order valence-electron chi connectivity index (χ2n) is 16.0. The van der Waals surface area contributed by atoms with Gasteiger partial charge in [0.05, 0.1) is 10.8 Å². The van der Waals surface area contributed by atoms with Crippen LogP contribution in [0.2, 0.25) is 0 Å². The van der Waals surface area contributed by atoms with E-state index in [0.29, 0.717) is 19.8 Å². The molecule has 1 aromatic carbocycles. The van der Waals surface area contributed by atoms with Gasteiger partial charge < -0.3 is 19.7 Å². The Labute approximate surface area is 268 Å². The molecule has 45 heavy (non-hydrogen) atoms. The lowest BCUT2D eigenvalue weighted by Gasteiger charge is -2.44. The number of phenols is 1. The molecule has 0 bridgehead atoms. The first-order valence-electron chi connectivity index (χ1n) is 16.4. The summed E-state index contributed by atoms with van der Waals surface area (Å²) in [6, 6.07) is 6.64. The fraction of sp³-hybridized carbons (Fsp3) is 0.778. The van der Waals surface area contributed by atoms with Gasteiger partial charge in [0, 0.05) is 11.8 Å². The smallest absolute Gasteiger partial charge is 0.417 e. The molecule has 1 saturated carbocycles. The average Bonchev–Trinajstić information content (AvgIpc) is 3.37. The highest BCUT2D eigenvalue weighted by Crippen LogP contribution is 2.49. The summed E-state index contributed by atoms with van der Waals surface area (Å²) in [5.74, 6) is -1.30. The monoisotopic (exact) mass is 642 g/mol. The fourth-order valence-corrected chi connectivity index (χ4v) is 6.49. The molecule has 0 saturated heterocycles. The van der Waals surface area contributed by atoms with Crippen molar-refractivity contribution in [2.24, 2.45) is 22.2 Å². The number of phenolic OH excluding ortho intramolecular Hbond substituents is 1. The number of carbonyl (C=O) groups is 2. The molecule has 0 aliphatic heterocycles. The van der Waals surface area contributed by atoms with Crippen LogP contribution in [0.5, 0.6) is 5.75 Å². The fourth-order valence-electron chi connectivity index (χ4n) is 6.49. The Bertz CT molecular complexity index is 1130. The number of ether oxygens (including phenoxy) is 2. The van der Waals surface area contributed by atoms with Gasteiger partial charge in [-0.15, -0.1) is 0 Å². The first-order chi connectivity index (χ1) is 20.4. The molecule has 0 spiro atoms. The second-order valence-corrected chi connectivity index (χ2v) is 16.0. The third kappa shape index (κ3) is 9.85. The summed E-state index contributed by atoms with van der Waals surface area (Å²) in [5.41, 5.74) is -5.04. The molecule has 1 aliphatic carbocycles. The number of hydrogen-bond acceptors (Lipinski definition) is 6. The van der Waals surface area contributed by atoms with Crippen molar-refractivity contribution in [3.63, 3.8) is 0 Å². The van der Waals surface area contributed by atoms with E-state index in [0.717, 1.165) is 31.2 Å². The van der Waals surface area contributed by atoms with Crippen LogP contribution in [-0.4, -0.2) is 45.6 Å². The molecule has 1 aliphatic rings. The van der Waals surface area contributed by atoms with E-state index in [-0.39, 0.29) is 41.8 Å². The first kappa shape index (κ1) is 38.9. The minimum absolute atomic E-state index is 0.0766. The summed E-state index contributed by atoms with van der Waals surface area (Å²) >= 11 is 0. The van der Waals surface area contributed by atoms with Gasteiger partial charge in [-0.2, -0.15) is 13.2 Å². The number of rotatable bonds is 14. The third-order valence-corrected chi connectivity index (χ3v) is 9.95. The van der Waals surface area contributed by atoms with E-state index < -0.39 is 46.7 Å². The van der Waals surface area contributed by atoms with Gasteiger partial charge in [-0.3, -0.25) is 9.59 Å². The van der Waals surface area contributed by atoms with Gasteiger partial charge in [0.25, 0.3) is 0 Å². The van der Waals surface area contributed by atoms with Gasteiger partial charge in [0.1, 0.15) is 17.5 Å².